The van der Waals surface area contributed by atoms with Crippen LogP contribution in [0.1, 0.15) is 64.0 Å². The van der Waals surface area contributed by atoms with Gasteiger partial charge in [-0.15, -0.1) is 0 Å². The molecule has 3 rings (SSSR count). The predicted molar refractivity (Wildman–Crippen MR) is 110 cm³/mol. The molecule has 0 radical (unpaired) electrons. The van der Waals surface area contributed by atoms with Crippen molar-refractivity contribution in [1.29, 1.82) is 0 Å². The second-order valence-corrected chi connectivity index (χ2v) is 8.99. The third-order valence-corrected chi connectivity index (χ3v) is 6.47. The van der Waals surface area contributed by atoms with Gasteiger partial charge in [0, 0.05) is 19.5 Å². The van der Waals surface area contributed by atoms with Crippen LogP contribution in [0.25, 0.3) is 0 Å². The van der Waals surface area contributed by atoms with E-state index in [1.54, 1.807) is 4.90 Å². The summed E-state index contributed by atoms with van der Waals surface area (Å²) in [6.45, 7) is 6.54. The average molecular weight is 441 g/mol. The summed E-state index contributed by atoms with van der Waals surface area (Å²) < 4.78 is 44.2. The van der Waals surface area contributed by atoms with Crippen molar-refractivity contribution < 1.29 is 27.5 Å². The molecule has 2 fully saturated rings. The van der Waals surface area contributed by atoms with Gasteiger partial charge in [0.1, 0.15) is 6.61 Å². The van der Waals surface area contributed by atoms with Crippen molar-refractivity contribution in [2.24, 2.45) is 0 Å². The minimum absolute atomic E-state index is 0.0110. The number of rotatable bonds is 5. The van der Waals surface area contributed by atoms with Gasteiger partial charge in [-0.25, -0.2) is 0 Å². The Hall–Kier alpha value is -2.09. The lowest BCUT2D eigenvalue weighted by Crippen LogP contribution is -2.58. The lowest BCUT2D eigenvalue weighted by Gasteiger charge is -2.45. The van der Waals surface area contributed by atoms with Crippen LogP contribution >= 0.6 is 0 Å². The summed E-state index contributed by atoms with van der Waals surface area (Å²) in [5, 5.41) is 0. The largest absolute Gasteiger partial charge is 0.416 e. The normalized spacial score (nSPS) is 24.9. The number of hydrogen-bond acceptors (Lipinski definition) is 3. The van der Waals surface area contributed by atoms with Crippen LogP contribution in [-0.4, -0.2) is 52.5 Å². The summed E-state index contributed by atoms with van der Waals surface area (Å²) in [7, 11) is 0. The summed E-state index contributed by atoms with van der Waals surface area (Å²) in [6.07, 6.45) is -1.01. The van der Waals surface area contributed by atoms with Crippen molar-refractivity contribution in [3.05, 3.63) is 35.4 Å². The van der Waals surface area contributed by atoms with Gasteiger partial charge in [0.2, 0.25) is 11.8 Å². The molecule has 0 spiro atoms. The molecule has 1 aromatic rings. The fourth-order valence-electron chi connectivity index (χ4n) is 4.69. The van der Waals surface area contributed by atoms with Gasteiger partial charge in [-0.2, -0.15) is 13.2 Å². The monoisotopic (exact) mass is 440 g/mol. The quantitative estimate of drug-likeness (QED) is 0.682. The zero-order chi connectivity index (χ0) is 22.8. The minimum Gasteiger partial charge on any atom is -0.369 e. The first-order chi connectivity index (χ1) is 14.5. The van der Waals surface area contributed by atoms with E-state index in [9.17, 15) is 22.8 Å². The summed E-state index contributed by atoms with van der Waals surface area (Å²) >= 11 is 0. The number of carbonyl (C=O) groups excluding carboxylic acids is 2. The number of amides is 2. The number of carbonyl (C=O) groups is 2. The first-order valence-corrected chi connectivity index (χ1v) is 10.9. The van der Waals surface area contributed by atoms with Crippen LogP contribution in [0, 0.1) is 0 Å². The Balaban J connectivity index is 1.83. The van der Waals surface area contributed by atoms with E-state index >= 15 is 0 Å². The molecule has 0 aromatic heterocycles. The Bertz CT molecular complexity index is 794. The average Bonchev–Trinajstić information content (AvgIpc) is 3.03. The van der Waals surface area contributed by atoms with Crippen molar-refractivity contribution in [2.45, 2.75) is 83.3 Å². The number of ether oxygens (including phenoxy) is 1. The van der Waals surface area contributed by atoms with E-state index in [0.29, 0.717) is 24.9 Å². The number of halogens is 3. The summed E-state index contributed by atoms with van der Waals surface area (Å²) in [5.74, 6) is -0.0928. The number of fused-ring (bicyclic) bond motifs is 1. The standard InChI is InChI=1S/C23H31F3N2O3/c1-16(2)31-15-21(30)27-13-12-22(3)19(27)6-4-5-7-20(29)28(22)14-17-8-10-18(11-9-17)23(24,25)26/h8-11,16,19H,4-7,12-15H2,1-3H3/t19-,22-/m1/s1. The number of likely N-dealkylation sites (tertiary alicyclic amines) is 2. The predicted octanol–water partition coefficient (Wildman–Crippen LogP) is 4.39. The van der Waals surface area contributed by atoms with Crippen molar-refractivity contribution in [3.63, 3.8) is 0 Å². The highest BCUT2D eigenvalue weighted by Crippen LogP contribution is 2.40. The molecule has 2 amide bonds. The van der Waals surface area contributed by atoms with Gasteiger partial charge < -0.3 is 14.5 Å². The molecule has 2 aliphatic heterocycles. The van der Waals surface area contributed by atoms with Crippen LogP contribution < -0.4 is 0 Å². The Morgan fingerprint density at radius 2 is 1.90 bits per heavy atom. The van der Waals surface area contributed by atoms with Gasteiger partial charge in [-0.3, -0.25) is 9.59 Å². The molecule has 0 saturated carbocycles. The zero-order valence-electron chi connectivity index (χ0n) is 18.4. The van der Waals surface area contributed by atoms with E-state index in [1.807, 2.05) is 25.7 Å². The fraction of sp³-hybridized carbons (Fsp3) is 0.652. The Labute approximate surface area is 181 Å². The molecule has 0 bridgehead atoms. The van der Waals surface area contributed by atoms with E-state index in [1.165, 1.54) is 12.1 Å². The minimum atomic E-state index is -4.39. The topological polar surface area (TPSA) is 49.9 Å². The molecular weight excluding hydrogens is 409 g/mol. The fourth-order valence-corrected chi connectivity index (χ4v) is 4.69. The number of hydrogen-bond donors (Lipinski definition) is 0. The molecule has 2 heterocycles. The summed E-state index contributed by atoms with van der Waals surface area (Å²) in [5.41, 5.74) is -0.620. The van der Waals surface area contributed by atoms with E-state index in [-0.39, 0.29) is 37.1 Å². The first-order valence-electron chi connectivity index (χ1n) is 10.9. The Morgan fingerprint density at radius 1 is 1.23 bits per heavy atom. The van der Waals surface area contributed by atoms with E-state index < -0.39 is 17.3 Å². The molecule has 2 saturated heterocycles. The highest BCUT2D eigenvalue weighted by molar-refractivity contribution is 5.80. The molecule has 2 aliphatic rings. The molecule has 0 unspecified atom stereocenters. The van der Waals surface area contributed by atoms with Crippen molar-refractivity contribution in [3.8, 4) is 0 Å². The van der Waals surface area contributed by atoms with Crippen LogP contribution in [0.4, 0.5) is 13.2 Å². The lowest BCUT2D eigenvalue weighted by atomic mass is 9.84. The maximum absolute atomic E-state index is 13.1. The summed E-state index contributed by atoms with van der Waals surface area (Å²) in [4.78, 5) is 29.5. The second kappa shape index (κ2) is 9.18. The Morgan fingerprint density at radius 3 is 2.52 bits per heavy atom. The third-order valence-electron chi connectivity index (χ3n) is 6.47. The van der Waals surface area contributed by atoms with E-state index in [0.717, 1.165) is 31.4 Å². The number of benzene rings is 1. The van der Waals surface area contributed by atoms with Crippen LogP contribution in [0.5, 0.6) is 0 Å². The van der Waals surface area contributed by atoms with Gasteiger partial charge in [0.05, 0.1) is 23.2 Å². The number of alkyl halides is 3. The molecule has 172 valence electrons. The summed E-state index contributed by atoms with van der Waals surface area (Å²) in [6, 6.07) is 4.84. The zero-order valence-corrected chi connectivity index (χ0v) is 18.4. The van der Waals surface area contributed by atoms with E-state index in [2.05, 4.69) is 0 Å². The SMILES string of the molecule is CC(C)OCC(=O)N1CC[C@]2(C)[C@H]1CCCCC(=O)N2Cc1ccc(C(F)(F)F)cc1. The van der Waals surface area contributed by atoms with Crippen molar-refractivity contribution >= 4 is 11.8 Å². The van der Waals surface area contributed by atoms with Crippen molar-refractivity contribution in [2.75, 3.05) is 13.2 Å². The van der Waals surface area contributed by atoms with Gasteiger partial charge in [-0.1, -0.05) is 18.6 Å². The molecule has 0 aliphatic carbocycles. The lowest BCUT2D eigenvalue weighted by molar-refractivity contribution is -0.146. The molecule has 5 nitrogen and oxygen atoms in total. The van der Waals surface area contributed by atoms with E-state index in [4.69, 9.17) is 4.74 Å². The number of nitrogens with zero attached hydrogens (tertiary/aromatic N) is 2. The van der Waals surface area contributed by atoms with Gasteiger partial charge >= 0.3 is 6.18 Å². The highest BCUT2D eigenvalue weighted by Gasteiger charge is 2.51. The smallest absolute Gasteiger partial charge is 0.369 e. The molecule has 2 atom stereocenters. The van der Waals surface area contributed by atoms with Crippen LogP contribution in [0.15, 0.2) is 24.3 Å². The maximum atomic E-state index is 13.1. The molecule has 0 N–H and O–H groups in total. The van der Waals surface area contributed by atoms with Gasteiger partial charge in [0.15, 0.2) is 0 Å². The van der Waals surface area contributed by atoms with Crippen molar-refractivity contribution in [1.82, 2.24) is 9.80 Å². The molecular formula is C23H31F3N2O3. The van der Waals surface area contributed by atoms with Crippen LogP contribution in [0.3, 0.4) is 0 Å². The Kier molecular flexibility index (Phi) is 6.98. The third kappa shape index (κ3) is 5.22. The second-order valence-electron chi connectivity index (χ2n) is 8.99. The molecule has 31 heavy (non-hydrogen) atoms. The maximum Gasteiger partial charge on any atom is 0.416 e. The van der Waals surface area contributed by atoms with Gasteiger partial charge in [-0.05, 0) is 57.7 Å². The highest BCUT2D eigenvalue weighted by atomic mass is 19.4. The first kappa shape index (κ1) is 23.6. The van der Waals surface area contributed by atoms with Gasteiger partial charge in [0.25, 0.3) is 0 Å². The molecule has 8 heteroatoms. The molecule has 1 aromatic carbocycles. The van der Waals surface area contributed by atoms with Crippen LogP contribution in [0.2, 0.25) is 0 Å². The van der Waals surface area contributed by atoms with Crippen LogP contribution in [-0.2, 0) is 27.0 Å².